The Morgan fingerprint density at radius 2 is 1.85 bits per heavy atom. The number of nitrogens with zero attached hydrogens (tertiary/aromatic N) is 1. The van der Waals surface area contributed by atoms with Gasteiger partial charge in [-0.1, -0.05) is 45.0 Å². The van der Waals surface area contributed by atoms with Crippen LogP contribution in [-0.4, -0.2) is 24.0 Å². The summed E-state index contributed by atoms with van der Waals surface area (Å²) < 4.78 is 0. The Morgan fingerprint density at radius 3 is 2.35 bits per heavy atom. The van der Waals surface area contributed by atoms with Gasteiger partial charge in [-0.05, 0) is 42.7 Å². The number of nitrogens with two attached hydrogens (primary N) is 1. The Hall–Kier alpha value is -0.860. The van der Waals surface area contributed by atoms with Gasteiger partial charge in [-0.15, -0.1) is 0 Å². The Balaban J connectivity index is 1.93. The summed E-state index contributed by atoms with van der Waals surface area (Å²) in [5, 5.41) is 0. The number of rotatable bonds is 5. The predicted octanol–water partition coefficient (Wildman–Crippen LogP) is 3.62. The van der Waals surface area contributed by atoms with Gasteiger partial charge in [0.15, 0.2) is 0 Å². The molecule has 112 valence electrons. The highest BCUT2D eigenvalue weighted by molar-refractivity contribution is 5.25. The first-order chi connectivity index (χ1) is 9.45. The second-order valence-corrected chi connectivity index (χ2v) is 7.09. The van der Waals surface area contributed by atoms with Gasteiger partial charge in [0.1, 0.15) is 0 Å². The molecular weight excluding hydrogens is 244 g/mol. The number of hydrogen-bond acceptors (Lipinski definition) is 2. The van der Waals surface area contributed by atoms with E-state index in [4.69, 9.17) is 5.73 Å². The number of benzene rings is 1. The van der Waals surface area contributed by atoms with E-state index in [2.05, 4.69) is 56.9 Å². The lowest BCUT2D eigenvalue weighted by atomic mass is 9.99. The largest absolute Gasteiger partial charge is 0.323 e. The summed E-state index contributed by atoms with van der Waals surface area (Å²) in [6, 6.07) is 9.72. The molecule has 1 heterocycles. The van der Waals surface area contributed by atoms with Gasteiger partial charge in [0.25, 0.3) is 0 Å². The van der Waals surface area contributed by atoms with Gasteiger partial charge in [0.05, 0.1) is 0 Å². The fourth-order valence-electron chi connectivity index (χ4n) is 3.37. The molecule has 0 amide bonds. The third-order valence-electron chi connectivity index (χ3n) is 4.40. The summed E-state index contributed by atoms with van der Waals surface area (Å²) in [5.74, 6) is 1.52. The average molecular weight is 274 g/mol. The van der Waals surface area contributed by atoms with Crippen LogP contribution < -0.4 is 5.73 Å². The van der Waals surface area contributed by atoms with Crippen molar-refractivity contribution in [3.05, 3.63) is 35.4 Å². The van der Waals surface area contributed by atoms with Crippen LogP contribution in [0, 0.1) is 11.8 Å². The lowest BCUT2D eigenvalue weighted by molar-refractivity contribution is 0.249. The molecule has 2 rings (SSSR count). The predicted molar refractivity (Wildman–Crippen MR) is 86.7 cm³/mol. The molecule has 3 atom stereocenters. The Bertz CT molecular complexity index is 410. The summed E-state index contributed by atoms with van der Waals surface area (Å²) in [6.45, 7) is 11.4. The standard InChI is InChI=1S/C18H30N2/c1-13(2)9-16-5-7-17(8-6-16)18(19)12-20-11-14(3)10-15(20)4/h5-8,13-15,18H,9-12,19H2,1-4H3. The molecule has 20 heavy (non-hydrogen) atoms. The van der Waals surface area contributed by atoms with E-state index in [0.29, 0.717) is 12.0 Å². The van der Waals surface area contributed by atoms with E-state index >= 15 is 0 Å². The van der Waals surface area contributed by atoms with Crippen LogP contribution in [0.2, 0.25) is 0 Å². The van der Waals surface area contributed by atoms with Crippen LogP contribution in [-0.2, 0) is 6.42 Å². The molecular formula is C18H30N2. The van der Waals surface area contributed by atoms with E-state index in [1.807, 2.05) is 0 Å². The maximum absolute atomic E-state index is 6.39. The zero-order chi connectivity index (χ0) is 14.7. The SMILES string of the molecule is CC(C)Cc1ccc(C(N)CN2CC(C)CC2C)cc1. The van der Waals surface area contributed by atoms with Crippen LogP contribution in [0.15, 0.2) is 24.3 Å². The molecule has 1 saturated heterocycles. The van der Waals surface area contributed by atoms with Crippen molar-refractivity contribution in [2.45, 2.75) is 52.6 Å². The van der Waals surface area contributed by atoms with E-state index < -0.39 is 0 Å². The molecule has 0 aromatic heterocycles. The van der Waals surface area contributed by atoms with E-state index in [-0.39, 0.29) is 6.04 Å². The van der Waals surface area contributed by atoms with Crippen LogP contribution in [0.1, 0.15) is 51.3 Å². The first kappa shape index (κ1) is 15.5. The van der Waals surface area contributed by atoms with Crippen LogP contribution >= 0.6 is 0 Å². The van der Waals surface area contributed by atoms with E-state index in [0.717, 1.165) is 18.9 Å². The van der Waals surface area contributed by atoms with Crippen LogP contribution in [0.4, 0.5) is 0 Å². The minimum absolute atomic E-state index is 0.135. The van der Waals surface area contributed by atoms with Gasteiger partial charge >= 0.3 is 0 Å². The minimum atomic E-state index is 0.135. The molecule has 1 aromatic rings. The summed E-state index contributed by atoms with van der Waals surface area (Å²) in [4.78, 5) is 2.54. The second kappa shape index (κ2) is 6.73. The number of likely N-dealkylation sites (tertiary alicyclic amines) is 1. The second-order valence-electron chi connectivity index (χ2n) is 7.09. The zero-order valence-corrected chi connectivity index (χ0v) is 13.5. The van der Waals surface area contributed by atoms with Crippen molar-refractivity contribution < 1.29 is 0 Å². The molecule has 3 unspecified atom stereocenters. The molecule has 0 saturated carbocycles. The topological polar surface area (TPSA) is 29.3 Å². The highest BCUT2D eigenvalue weighted by Gasteiger charge is 2.27. The van der Waals surface area contributed by atoms with Crippen LogP contribution in [0.3, 0.4) is 0 Å². The molecule has 2 nitrogen and oxygen atoms in total. The van der Waals surface area contributed by atoms with Gasteiger partial charge in [-0.2, -0.15) is 0 Å². The van der Waals surface area contributed by atoms with Crippen molar-refractivity contribution in [3.8, 4) is 0 Å². The molecule has 1 aliphatic rings. The summed E-state index contributed by atoms with van der Waals surface area (Å²) in [5.41, 5.74) is 9.08. The summed E-state index contributed by atoms with van der Waals surface area (Å²) >= 11 is 0. The smallest absolute Gasteiger partial charge is 0.0424 e. The van der Waals surface area contributed by atoms with E-state index in [9.17, 15) is 0 Å². The minimum Gasteiger partial charge on any atom is -0.323 e. The zero-order valence-electron chi connectivity index (χ0n) is 13.5. The van der Waals surface area contributed by atoms with Crippen molar-refractivity contribution >= 4 is 0 Å². The van der Waals surface area contributed by atoms with Gasteiger partial charge in [-0.25, -0.2) is 0 Å². The highest BCUT2D eigenvalue weighted by atomic mass is 15.2. The van der Waals surface area contributed by atoms with Crippen molar-refractivity contribution in [1.29, 1.82) is 0 Å². The molecule has 2 N–H and O–H groups in total. The molecule has 2 heteroatoms. The number of hydrogen-bond donors (Lipinski definition) is 1. The first-order valence-corrected chi connectivity index (χ1v) is 8.04. The van der Waals surface area contributed by atoms with Crippen molar-refractivity contribution in [2.75, 3.05) is 13.1 Å². The van der Waals surface area contributed by atoms with E-state index in [1.165, 1.54) is 24.1 Å². The molecule has 1 fully saturated rings. The normalized spacial score (nSPS) is 25.3. The highest BCUT2D eigenvalue weighted by Crippen LogP contribution is 2.24. The lowest BCUT2D eigenvalue weighted by Crippen LogP contribution is -2.34. The van der Waals surface area contributed by atoms with Gasteiger partial charge in [-0.3, -0.25) is 4.90 Å². The molecule has 0 radical (unpaired) electrons. The third-order valence-corrected chi connectivity index (χ3v) is 4.40. The van der Waals surface area contributed by atoms with Crippen molar-refractivity contribution in [1.82, 2.24) is 4.90 Å². The van der Waals surface area contributed by atoms with Crippen LogP contribution in [0.5, 0.6) is 0 Å². The van der Waals surface area contributed by atoms with E-state index in [1.54, 1.807) is 0 Å². The fraction of sp³-hybridized carbons (Fsp3) is 0.667. The first-order valence-electron chi connectivity index (χ1n) is 8.04. The van der Waals surface area contributed by atoms with Crippen molar-refractivity contribution in [2.24, 2.45) is 17.6 Å². The molecule has 1 aliphatic heterocycles. The summed E-state index contributed by atoms with van der Waals surface area (Å²) in [6.07, 6.45) is 2.45. The molecule has 1 aromatic carbocycles. The van der Waals surface area contributed by atoms with Gasteiger partial charge < -0.3 is 5.73 Å². The lowest BCUT2D eigenvalue weighted by Gasteiger charge is -2.25. The maximum atomic E-state index is 6.39. The monoisotopic (exact) mass is 274 g/mol. The summed E-state index contributed by atoms with van der Waals surface area (Å²) in [7, 11) is 0. The van der Waals surface area contributed by atoms with Gasteiger partial charge in [0, 0.05) is 25.2 Å². The Morgan fingerprint density at radius 1 is 1.20 bits per heavy atom. The fourth-order valence-corrected chi connectivity index (χ4v) is 3.37. The van der Waals surface area contributed by atoms with Crippen LogP contribution in [0.25, 0.3) is 0 Å². The van der Waals surface area contributed by atoms with Gasteiger partial charge in [0.2, 0.25) is 0 Å². The third kappa shape index (κ3) is 4.07. The maximum Gasteiger partial charge on any atom is 0.0424 e. The quantitative estimate of drug-likeness (QED) is 0.888. The van der Waals surface area contributed by atoms with Crippen molar-refractivity contribution in [3.63, 3.8) is 0 Å². The average Bonchev–Trinajstić information content (AvgIpc) is 2.68. The molecule has 0 bridgehead atoms. The Labute approximate surface area is 124 Å². The molecule has 0 aliphatic carbocycles. The Kier molecular flexibility index (Phi) is 5.22. The molecule has 0 spiro atoms.